The third kappa shape index (κ3) is 2.16. The Balaban J connectivity index is 1.79. The van der Waals surface area contributed by atoms with Crippen LogP contribution in [0.15, 0.2) is 0 Å². The van der Waals surface area contributed by atoms with Gasteiger partial charge in [0.25, 0.3) is 0 Å². The van der Waals surface area contributed by atoms with Crippen LogP contribution < -0.4 is 0 Å². The molecular weight excluding hydrogens is 236 g/mol. The molecule has 0 aliphatic heterocycles. The highest BCUT2D eigenvalue weighted by Gasteiger charge is 2.54. The lowest BCUT2D eigenvalue weighted by molar-refractivity contribution is -0.150. The van der Waals surface area contributed by atoms with E-state index in [-0.39, 0.29) is 11.4 Å². The summed E-state index contributed by atoms with van der Waals surface area (Å²) in [5.74, 6) is 2.81. The van der Waals surface area contributed by atoms with Gasteiger partial charge in [-0.1, -0.05) is 0 Å². The zero-order valence-corrected chi connectivity index (χ0v) is 11.9. The largest absolute Gasteiger partial charge is 0.337 e. The van der Waals surface area contributed by atoms with Gasteiger partial charge in [0, 0.05) is 24.9 Å². The van der Waals surface area contributed by atoms with Crippen molar-refractivity contribution in [2.75, 3.05) is 6.54 Å². The standard InChI is InChI=1S/C16H24N2O/c1-2-18(15(19)4-3-5-17)16-9-12-6-13(10-16)8-14(7-12)11-16/h12-14H,2-4,6-11H2,1H3. The van der Waals surface area contributed by atoms with E-state index in [9.17, 15) is 4.79 Å². The van der Waals surface area contributed by atoms with Gasteiger partial charge in [-0.25, -0.2) is 0 Å². The van der Waals surface area contributed by atoms with E-state index in [0.29, 0.717) is 12.8 Å². The molecule has 4 fully saturated rings. The third-order valence-electron chi connectivity index (χ3n) is 5.65. The van der Waals surface area contributed by atoms with Gasteiger partial charge in [-0.05, 0) is 63.2 Å². The highest BCUT2D eigenvalue weighted by atomic mass is 16.2. The maximum Gasteiger partial charge on any atom is 0.224 e. The molecule has 4 aliphatic rings. The van der Waals surface area contributed by atoms with Crippen molar-refractivity contribution in [3.05, 3.63) is 0 Å². The predicted molar refractivity (Wildman–Crippen MR) is 73.1 cm³/mol. The minimum Gasteiger partial charge on any atom is -0.337 e. The Morgan fingerprint density at radius 1 is 1.21 bits per heavy atom. The van der Waals surface area contributed by atoms with Crippen LogP contribution in [-0.4, -0.2) is 22.9 Å². The quantitative estimate of drug-likeness (QED) is 0.779. The van der Waals surface area contributed by atoms with Gasteiger partial charge in [-0.3, -0.25) is 4.79 Å². The fourth-order valence-corrected chi connectivity index (χ4v) is 5.47. The summed E-state index contributed by atoms with van der Waals surface area (Å²) in [6, 6.07) is 2.10. The Hall–Kier alpha value is -1.04. The molecule has 0 aromatic rings. The first-order chi connectivity index (χ1) is 9.16. The van der Waals surface area contributed by atoms with E-state index in [0.717, 1.165) is 24.3 Å². The molecule has 3 nitrogen and oxygen atoms in total. The van der Waals surface area contributed by atoms with Crippen LogP contribution in [-0.2, 0) is 4.79 Å². The number of carbonyl (C=O) groups excluding carboxylic acids is 1. The van der Waals surface area contributed by atoms with Crippen molar-refractivity contribution in [3.63, 3.8) is 0 Å². The average Bonchev–Trinajstić information content (AvgIpc) is 2.35. The van der Waals surface area contributed by atoms with E-state index in [2.05, 4.69) is 17.9 Å². The molecule has 4 bridgehead atoms. The SMILES string of the molecule is CCN(C(=O)CCC#N)C12CC3CC(CC(C3)C1)C2. The van der Waals surface area contributed by atoms with E-state index in [1.54, 1.807) is 0 Å². The molecule has 0 aromatic carbocycles. The lowest BCUT2D eigenvalue weighted by atomic mass is 9.52. The van der Waals surface area contributed by atoms with E-state index < -0.39 is 0 Å². The molecule has 0 atom stereocenters. The molecule has 0 heterocycles. The number of hydrogen-bond donors (Lipinski definition) is 0. The van der Waals surface area contributed by atoms with Gasteiger partial charge in [0.2, 0.25) is 5.91 Å². The highest BCUT2D eigenvalue weighted by molar-refractivity contribution is 5.77. The Labute approximate surface area is 116 Å². The van der Waals surface area contributed by atoms with Gasteiger partial charge in [0.15, 0.2) is 0 Å². The number of rotatable bonds is 4. The molecule has 19 heavy (non-hydrogen) atoms. The number of nitrogens with zero attached hydrogens (tertiary/aromatic N) is 2. The number of carbonyl (C=O) groups is 1. The normalized spacial score (nSPS) is 39.1. The van der Waals surface area contributed by atoms with Crippen molar-refractivity contribution in [2.45, 2.75) is 63.8 Å². The van der Waals surface area contributed by atoms with Crippen molar-refractivity contribution in [1.29, 1.82) is 5.26 Å². The van der Waals surface area contributed by atoms with Crippen molar-refractivity contribution in [2.24, 2.45) is 17.8 Å². The van der Waals surface area contributed by atoms with Crippen LogP contribution in [0.2, 0.25) is 0 Å². The summed E-state index contributed by atoms with van der Waals surface area (Å²) in [7, 11) is 0. The van der Waals surface area contributed by atoms with Gasteiger partial charge in [0.1, 0.15) is 0 Å². The minimum atomic E-state index is 0.163. The van der Waals surface area contributed by atoms with Crippen LogP contribution in [0.3, 0.4) is 0 Å². The van der Waals surface area contributed by atoms with Crippen LogP contribution in [0.4, 0.5) is 0 Å². The van der Waals surface area contributed by atoms with Gasteiger partial charge in [0.05, 0.1) is 6.07 Å². The van der Waals surface area contributed by atoms with Crippen molar-refractivity contribution >= 4 is 5.91 Å². The van der Waals surface area contributed by atoms with E-state index in [1.165, 1.54) is 38.5 Å². The summed E-state index contributed by atoms with van der Waals surface area (Å²) in [5.41, 5.74) is 0.163. The smallest absolute Gasteiger partial charge is 0.224 e. The molecule has 4 rings (SSSR count). The molecule has 0 unspecified atom stereocenters. The van der Waals surface area contributed by atoms with Crippen LogP contribution in [0.5, 0.6) is 0 Å². The second kappa shape index (κ2) is 4.81. The second-order valence-corrected chi connectivity index (χ2v) is 6.94. The summed E-state index contributed by atoms with van der Waals surface area (Å²) in [4.78, 5) is 14.6. The van der Waals surface area contributed by atoms with Crippen LogP contribution in [0.1, 0.15) is 58.3 Å². The molecule has 3 heteroatoms. The monoisotopic (exact) mass is 260 g/mol. The molecular formula is C16H24N2O. The van der Waals surface area contributed by atoms with Gasteiger partial charge < -0.3 is 4.90 Å². The predicted octanol–water partition coefficient (Wildman–Crippen LogP) is 3.11. The maximum absolute atomic E-state index is 12.4. The molecule has 4 aliphatic carbocycles. The first-order valence-corrected chi connectivity index (χ1v) is 7.84. The maximum atomic E-state index is 12.4. The summed E-state index contributed by atoms with van der Waals surface area (Å²) < 4.78 is 0. The lowest BCUT2D eigenvalue weighted by Crippen LogP contribution is -2.61. The zero-order chi connectivity index (χ0) is 13.5. The Morgan fingerprint density at radius 3 is 2.16 bits per heavy atom. The zero-order valence-electron chi connectivity index (χ0n) is 11.9. The first-order valence-electron chi connectivity index (χ1n) is 7.84. The summed E-state index contributed by atoms with van der Waals surface area (Å²) in [5, 5.41) is 8.68. The van der Waals surface area contributed by atoms with E-state index in [4.69, 9.17) is 5.26 Å². The molecule has 0 spiro atoms. The topological polar surface area (TPSA) is 44.1 Å². The van der Waals surface area contributed by atoms with Crippen molar-refractivity contribution in [3.8, 4) is 6.07 Å². The molecule has 4 saturated carbocycles. The van der Waals surface area contributed by atoms with E-state index in [1.807, 2.05) is 0 Å². The fraction of sp³-hybridized carbons (Fsp3) is 0.875. The van der Waals surface area contributed by atoms with Crippen molar-refractivity contribution in [1.82, 2.24) is 4.90 Å². The van der Waals surface area contributed by atoms with Gasteiger partial charge >= 0.3 is 0 Å². The first kappa shape index (κ1) is 13.0. The van der Waals surface area contributed by atoms with Crippen LogP contribution >= 0.6 is 0 Å². The molecule has 0 aromatic heterocycles. The highest BCUT2D eigenvalue weighted by Crippen LogP contribution is 2.57. The minimum absolute atomic E-state index is 0.163. The van der Waals surface area contributed by atoms with Crippen LogP contribution in [0, 0.1) is 29.1 Å². The van der Waals surface area contributed by atoms with Gasteiger partial charge in [-0.15, -0.1) is 0 Å². The lowest BCUT2D eigenvalue weighted by Gasteiger charge is -2.60. The Morgan fingerprint density at radius 2 is 1.74 bits per heavy atom. The third-order valence-corrected chi connectivity index (χ3v) is 5.65. The molecule has 0 saturated heterocycles. The second-order valence-electron chi connectivity index (χ2n) is 6.94. The Kier molecular flexibility index (Phi) is 3.28. The number of nitriles is 1. The van der Waals surface area contributed by atoms with Gasteiger partial charge in [-0.2, -0.15) is 5.26 Å². The summed E-state index contributed by atoms with van der Waals surface area (Å²) in [6.45, 7) is 2.92. The van der Waals surface area contributed by atoms with Crippen molar-refractivity contribution < 1.29 is 4.79 Å². The number of amides is 1. The van der Waals surface area contributed by atoms with Crippen LogP contribution in [0.25, 0.3) is 0 Å². The fourth-order valence-electron chi connectivity index (χ4n) is 5.47. The molecule has 1 amide bonds. The summed E-state index contributed by atoms with van der Waals surface area (Å²) in [6.07, 6.45) is 8.67. The average molecular weight is 260 g/mol. The Bertz CT molecular complexity index is 374. The molecule has 0 radical (unpaired) electrons. The molecule has 0 N–H and O–H groups in total. The van der Waals surface area contributed by atoms with E-state index >= 15 is 0 Å². The number of hydrogen-bond acceptors (Lipinski definition) is 2. The summed E-state index contributed by atoms with van der Waals surface area (Å²) >= 11 is 0. The molecule has 104 valence electrons.